The molecule has 34 heavy (non-hydrogen) atoms. The van der Waals surface area contributed by atoms with Crippen LogP contribution in [0.1, 0.15) is 35.8 Å². The Morgan fingerprint density at radius 3 is 2.32 bits per heavy atom. The predicted octanol–water partition coefficient (Wildman–Crippen LogP) is 5.66. The SMILES string of the molecule is Cc1ccc(S(=O)(=O)Nc2ccc(C(=O)Nc3ccc4c(c3)sc(=O)n4C(C)C)c(Cl)c2)cc1. The monoisotopic (exact) mass is 515 g/mol. The third-order valence-electron chi connectivity index (χ3n) is 5.18. The maximum atomic E-state index is 12.8. The summed E-state index contributed by atoms with van der Waals surface area (Å²) in [6.45, 7) is 5.75. The van der Waals surface area contributed by atoms with E-state index in [0.717, 1.165) is 27.1 Å². The van der Waals surface area contributed by atoms with Crippen molar-refractivity contribution in [3.63, 3.8) is 0 Å². The molecule has 0 radical (unpaired) electrons. The molecule has 176 valence electrons. The summed E-state index contributed by atoms with van der Waals surface area (Å²) in [7, 11) is -3.79. The fourth-order valence-electron chi connectivity index (χ4n) is 3.50. The second kappa shape index (κ2) is 9.25. The van der Waals surface area contributed by atoms with Crippen LogP contribution in [-0.4, -0.2) is 18.9 Å². The van der Waals surface area contributed by atoms with Gasteiger partial charge in [-0.3, -0.25) is 18.9 Å². The molecule has 3 aromatic carbocycles. The third-order valence-corrected chi connectivity index (χ3v) is 7.81. The van der Waals surface area contributed by atoms with Gasteiger partial charge in [0.15, 0.2) is 0 Å². The second-order valence-electron chi connectivity index (χ2n) is 8.08. The number of amides is 1. The van der Waals surface area contributed by atoms with Crippen LogP contribution in [-0.2, 0) is 10.0 Å². The number of carbonyl (C=O) groups is 1. The van der Waals surface area contributed by atoms with Gasteiger partial charge in [0.1, 0.15) is 0 Å². The van der Waals surface area contributed by atoms with E-state index in [4.69, 9.17) is 11.6 Å². The molecule has 0 spiro atoms. The van der Waals surface area contributed by atoms with Gasteiger partial charge in [0.05, 0.1) is 31.4 Å². The van der Waals surface area contributed by atoms with Gasteiger partial charge >= 0.3 is 4.87 Å². The number of anilines is 2. The first-order valence-electron chi connectivity index (χ1n) is 10.4. The van der Waals surface area contributed by atoms with E-state index >= 15 is 0 Å². The Labute approximate surface area is 206 Å². The minimum Gasteiger partial charge on any atom is -0.322 e. The highest BCUT2D eigenvalue weighted by atomic mass is 35.5. The van der Waals surface area contributed by atoms with Crippen molar-refractivity contribution in [2.45, 2.75) is 31.7 Å². The average molecular weight is 516 g/mol. The summed E-state index contributed by atoms with van der Waals surface area (Å²) in [5.74, 6) is -0.451. The van der Waals surface area contributed by atoms with Gasteiger partial charge in [-0.2, -0.15) is 0 Å². The van der Waals surface area contributed by atoms with Crippen LogP contribution >= 0.6 is 22.9 Å². The third kappa shape index (κ3) is 4.86. The van der Waals surface area contributed by atoms with Crippen molar-refractivity contribution in [2.24, 2.45) is 0 Å². The molecule has 10 heteroatoms. The Kier molecular flexibility index (Phi) is 6.53. The van der Waals surface area contributed by atoms with Crippen LogP contribution in [0.3, 0.4) is 0 Å². The van der Waals surface area contributed by atoms with Crippen LogP contribution in [0.25, 0.3) is 10.2 Å². The van der Waals surface area contributed by atoms with Gasteiger partial charge in [0, 0.05) is 11.7 Å². The van der Waals surface area contributed by atoms with Gasteiger partial charge in [-0.25, -0.2) is 8.42 Å². The fourth-order valence-corrected chi connectivity index (χ4v) is 5.86. The molecule has 0 fully saturated rings. The van der Waals surface area contributed by atoms with Crippen molar-refractivity contribution in [3.05, 3.63) is 86.5 Å². The fraction of sp³-hybridized carbons (Fsp3) is 0.167. The number of nitrogens with zero attached hydrogens (tertiary/aromatic N) is 1. The highest BCUT2D eigenvalue weighted by Gasteiger charge is 2.17. The normalized spacial score (nSPS) is 11.7. The predicted molar refractivity (Wildman–Crippen MR) is 138 cm³/mol. The Morgan fingerprint density at radius 1 is 1.00 bits per heavy atom. The zero-order valence-corrected chi connectivity index (χ0v) is 21.0. The largest absolute Gasteiger partial charge is 0.322 e. The molecule has 0 aliphatic heterocycles. The number of sulfonamides is 1. The molecule has 1 amide bonds. The van der Waals surface area contributed by atoms with E-state index in [1.54, 1.807) is 34.9 Å². The maximum absolute atomic E-state index is 12.8. The molecule has 0 bridgehead atoms. The number of fused-ring (bicyclic) bond motifs is 1. The summed E-state index contributed by atoms with van der Waals surface area (Å²) in [6.07, 6.45) is 0. The van der Waals surface area contributed by atoms with Crippen molar-refractivity contribution in [3.8, 4) is 0 Å². The molecular formula is C24H22ClN3O4S2. The molecule has 1 heterocycles. The van der Waals surface area contributed by atoms with E-state index < -0.39 is 15.9 Å². The summed E-state index contributed by atoms with van der Waals surface area (Å²) in [4.78, 5) is 25.1. The van der Waals surface area contributed by atoms with Crippen LogP contribution in [0.2, 0.25) is 5.02 Å². The summed E-state index contributed by atoms with van der Waals surface area (Å²) in [5, 5.41) is 2.88. The van der Waals surface area contributed by atoms with Crippen molar-refractivity contribution in [1.82, 2.24) is 4.57 Å². The number of thiazole rings is 1. The smallest absolute Gasteiger partial charge is 0.308 e. The molecule has 0 saturated heterocycles. The lowest BCUT2D eigenvalue weighted by molar-refractivity contribution is 0.102. The Bertz CT molecular complexity index is 1560. The van der Waals surface area contributed by atoms with Gasteiger partial charge < -0.3 is 5.32 Å². The average Bonchev–Trinajstić information content (AvgIpc) is 3.08. The van der Waals surface area contributed by atoms with Crippen LogP contribution in [0.15, 0.2) is 70.4 Å². The van der Waals surface area contributed by atoms with Gasteiger partial charge in [-0.1, -0.05) is 40.6 Å². The quantitative estimate of drug-likeness (QED) is 0.346. The molecule has 4 rings (SSSR count). The Morgan fingerprint density at radius 2 is 1.68 bits per heavy atom. The molecule has 1 aromatic heterocycles. The molecule has 0 aliphatic carbocycles. The summed E-state index contributed by atoms with van der Waals surface area (Å²) >= 11 is 7.42. The number of rotatable bonds is 6. The van der Waals surface area contributed by atoms with Gasteiger partial charge in [-0.05, 0) is 69.3 Å². The zero-order valence-electron chi connectivity index (χ0n) is 18.6. The number of hydrogen-bond donors (Lipinski definition) is 2. The number of nitrogens with one attached hydrogen (secondary N) is 2. The van der Waals surface area contributed by atoms with Gasteiger partial charge in [0.2, 0.25) is 0 Å². The van der Waals surface area contributed by atoms with E-state index in [1.807, 2.05) is 20.8 Å². The zero-order chi connectivity index (χ0) is 24.6. The minimum atomic E-state index is -3.79. The number of carbonyl (C=O) groups excluding carboxylic acids is 1. The molecule has 7 nitrogen and oxygen atoms in total. The van der Waals surface area contributed by atoms with Gasteiger partial charge in [-0.15, -0.1) is 0 Å². The highest BCUT2D eigenvalue weighted by Crippen LogP contribution is 2.27. The highest BCUT2D eigenvalue weighted by molar-refractivity contribution is 7.92. The van der Waals surface area contributed by atoms with E-state index in [1.165, 1.54) is 30.3 Å². The molecule has 0 saturated carbocycles. The number of aryl methyl sites for hydroxylation is 1. The van der Waals surface area contributed by atoms with Crippen molar-refractivity contribution in [1.29, 1.82) is 0 Å². The standard InChI is InChI=1S/C24H22ClN3O4S2/c1-14(2)28-21-11-7-16(13-22(21)33-24(28)30)26-23(29)19-10-6-17(12-20(19)25)27-34(31,32)18-8-4-15(3)5-9-18/h4-14,27H,1-3H3,(H,26,29). The topological polar surface area (TPSA) is 97.3 Å². The number of benzene rings is 3. The lowest BCUT2D eigenvalue weighted by atomic mass is 10.2. The number of aromatic nitrogens is 1. The second-order valence-corrected chi connectivity index (χ2v) is 11.2. The number of hydrogen-bond acceptors (Lipinski definition) is 5. The van der Waals surface area contributed by atoms with Crippen LogP contribution < -0.4 is 14.9 Å². The Hall–Kier alpha value is -3.14. The first-order valence-corrected chi connectivity index (χ1v) is 13.1. The van der Waals surface area contributed by atoms with Crippen molar-refractivity contribution >= 4 is 60.5 Å². The summed E-state index contributed by atoms with van der Waals surface area (Å²) < 4.78 is 30.2. The molecule has 0 aliphatic rings. The molecule has 2 N–H and O–H groups in total. The van der Waals surface area contributed by atoms with Crippen molar-refractivity contribution < 1.29 is 13.2 Å². The number of halogens is 1. The van der Waals surface area contributed by atoms with E-state index in [2.05, 4.69) is 10.0 Å². The molecule has 0 unspecified atom stereocenters. The maximum Gasteiger partial charge on any atom is 0.308 e. The van der Waals surface area contributed by atoms with Crippen LogP contribution in [0.5, 0.6) is 0 Å². The van der Waals surface area contributed by atoms with E-state index in [-0.39, 0.29) is 32.1 Å². The van der Waals surface area contributed by atoms with Crippen molar-refractivity contribution in [2.75, 3.05) is 10.0 Å². The van der Waals surface area contributed by atoms with E-state index in [0.29, 0.717) is 5.69 Å². The van der Waals surface area contributed by atoms with Crippen LogP contribution in [0.4, 0.5) is 11.4 Å². The minimum absolute atomic E-state index is 0.0300. The first kappa shape index (κ1) is 24.0. The van der Waals surface area contributed by atoms with Gasteiger partial charge in [0.25, 0.3) is 15.9 Å². The lowest BCUT2D eigenvalue weighted by Crippen LogP contribution is -2.15. The molecular weight excluding hydrogens is 494 g/mol. The summed E-state index contributed by atoms with van der Waals surface area (Å²) in [5.41, 5.74) is 2.71. The molecule has 0 atom stereocenters. The van der Waals surface area contributed by atoms with E-state index in [9.17, 15) is 18.0 Å². The first-order chi connectivity index (χ1) is 16.0. The molecule has 4 aromatic rings. The lowest BCUT2D eigenvalue weighted by Gasteiger charge is -2.11. The Balaban J connectivity index is 1.53. The van der Waals surface area contributed by atoms with Crippen LogP contribution in [0, 0.1) is 6.92 Å². The summed E-state index contributed by atoms with van der Waals surface area (Å²) in [6, 6.07) is 16.1.